The monoisotopic (exact) mass is 201 g/mol. The lowest BCUT2D eigenvalue weighted by molar-refractivity contribution is 0.597. The minimum Gasteiger partial charge on any atom is -0.224 e. The summed E-state index contributed by atoms with van der Waals surface area (Å²) in [5.41, 5.74) is 0. The molecular weight excluding hydrogens is 192 g/mol. The largest absolute Gasteiger partial charge is 0.224 e. The van der Waals surface area contributed by atoms with Crippen molar-refractivity contribution in [1.29, 1.82) is 0 Å². The van der Waals surface area contributed by atoms with Crippen LogP contribution in [0.3, 0.4) is 0 Å². The molecule has 0 amide bonds. The van der Waals surface area contributed by atoms with Crippen LogP contribution < -0.4 is 0 Å². The highest BCUT2D eigenvalue weighted by Crippen LogP contribution is 2.14. The van der Waals surface area contributed by atoms with Gasteiger partial charge in [0.15, 0.2) is 9.84 Å². The Balaban J connectivity index is 3.21. The smallest absolute Gasteiger partial charge is 0.178 e. The summed E-state index contributed by atoms with van der Waals surface area (Å²) in [6.07, 6.45) is 0. The van der Waals surface area contributed by atoms with Gasteiger partial charge in [0.1, 0.15) is 0 Å². The highest BCUT2D eigenvalue weighted by molar-refractivity contribution is 7.91. The maximum atomic E-state index is 11.3. The van der Waals surface area contributed by atoms with E-state index in [4.69, 9.17) is 12.6 Å². The van der Waals surface area contributed by atoms with Gasteiger partial charge in [0.25, 0.3) is 0 Å². The molecule has 0 spiro atoms. The normalized spacial score (nSPS) is 11.4. The van der Waals surface area contributed by atoms with Crippen LogP contribution in [0.4, 0.5) is 0 Å². The van der Waals surface area contributed by atoms with Crippen molar-refractivity contribution in [3.63, 3.8) is 0 Å². The third-order valence-electron chi connectivity index (χ3n) is 1.54. The minimum atomic E-state index is -3.09. The van der Waals surface area contributed by atoms with Crippen LogP contribution in [0, 0.1) is 0 Å². The second-order valence-corrected chi connectivity index (χ2v) is 5.13. The second-order valence-electron chi connectivity index (χ2n) is 2.38. The summed E-state index contributed by atoms with van der Waals surface area (Å²) in [5.74, 6) is 0.117. The molecule has 0 aliphatic heterocycles. The Bertz CT molecular complexity index is 368. The SMILES string of the molecule is CCS(=O)(=O)c1cccc([S])c1. The van der Waals surface area contributed by atoms with Crippen molar-refractivity contribution >= 4 is 22.5 Å². The van der Waals surface area contributed by atoms with Crippen LogP contribution in [0.1, 0.15) is 6.92 Å². The molecule has 0 atom stereocenters. The zero-order chi connectivity index (χ0) is 9.19. The Morgan fingerprint density at radius 2 is 2.08 bits per heavy atom. The Kier molecular flexibility index (Phi) is 2.69. The van der Waals surface area contributed by atoms with Gasteiger partial charge < -0.3 is 0 Å². The van der Waals surface area contributed by atoms with Crippen molar-refractivity contribution in [2.45, 2.75) is 16.7 Å². The summed E-state index contributed by atoms with van der Waals surface area (Å²) in [4.78, 5) is 0.877. The zero-order valence-corrected chi connectivity index (χ0v) is 8.28. The molecule has 0 aromatic heterocycles. The topological polar surface area (TPSA) is 34.1 Å². The summed E-state index contributed by atoms with van der Waals surface area (Å²) in [6.45, 7) is 1.62. The molecule has 0 unspecified atom stereocenters. The summed E-state index contributed by atoms with van der Waals surface area (Å²) in [5, 5.41) is 0. The van der Waals surface area contributed by atoms with Gasteiger partial charge in [-0.1, -0.05) is 25.6 Å². The van der Waals surface area contributed by atoms with Crippen LogP contribution >= 0.6 is 12.6 Å². The van der Waals surface area contributed by atoms with Crippen molar-refractivity contribution in [2.24, 2.45) is 0 Å². The summed E-state index contributed by atoms with van der Waals surface area (Å²) in [6, 6.07) is 6.43. The lowest BCUT2D eigenvalue weighted by atomic mass is 10.4. The first-order valence-electron chi connectivity index (χ1n) is 3.56. The van der Waals surface area contributed by atoms with Gasteiger partial charge in [0.05, 0.1) is 10.6 Å². The van der Waals surface area contributed by atoms with E-state index in [2.05, 4.69) is 0 Å². The van der Waals surface area contributed by atoms with Gasteiger partial charge >= 0.3 is 0 Å². The molecule has 0 fully saturated rings. The number of benzene rings is 1. The van der Waals surface area contributed by atoms with Crippen molar-refractivity contribution < 1.29 is 8.42 Å². The average Bonchev–Trinajstić information content (AvgIpc) is 2.05. The second kappa shape index (κ2) is 3.41. The first-order chi connectivity index (χ1) is 5.56. The van der Waals surface area contributed by atoms with Gasteiger partial charge in [-0.2, -0.15) is 0 Å². The van der Waals surface area contributed by atoms with Crippen LogP contribution in [0.25, 0.3) is 0 Å². The Labute approximate surface area is 77.9 Å². The molecule has 2 nitrogen and oxygen atoms in total. The quantitative estimate of drug-likeness (QED) is 0.733. The third kappa shape index (κ3) is 1.95. The predicted molar refractivity (Wildman–Crippen MR) is 50.0 cm³/mol. The van der Waals surface area contributed by atoms with Gasteiger partial charge in [-0.05, 0) is 18.2 Å². The van der Waals surface area contributed by atoms with E-state index in [1.54, 1.807) is 25.1 Å². The molecule has 0 N–H and O–H groups in total. The van der Waals surface area contributed by atoms with E-state index >= 15 is 0 Å². The Morgan fingerprint density at radius 3 is 2.58 bits per heavy atom. The fourth-order valence-corrected chi connectivity index (χ4v) is 2.04. The molecule has 0 bridgehead atoms. The molecule has 0 heterocycles. The van der Waals surface area contributed by atoms with Gasteiger partial charge in [-0.3, -0.25) is 0 Å². The van der Waals surface area contributed by atoms with E-state index in [1.807, 2.05) is 0 Å². The molecule has 1 radical (unpaired) electrons. The first-order valence-corrected chi connectivity index (χ1v) is 5.62. The van der Waals surface area contributed by atoms with E-state index in [0.29, 0.717) is 9.79 Å². The number of hydrogen-bond donors (Lipinski definition) is 0. The molecule has 0 aliphatic rings. The van der Waals surface area contributed by atoms with Crippen molar-refractivity contribution in [3.8, 4) is 0 Å². The van der Waals surface area contributed by atoms with Gasteiger partial charge in [0.2, 0.25) is 0 Å². The van der Waals surface area contributed by atoms with E-state index in [1.165, 1.54) is 6.07 Å². The van der Waals surface area contributed by atoms with Crippen LogP contribution in [-0.4, -0.2) is 14.2 Å². The summed E-state index contributed by atoms with van der Waals surface area (Å²) in [7, 11) is -3.09. The average molecular weight is 201 g/mol. The lowest BCUT2D eigenvalue weighted by Gasteiger charge is -2.00. The van der Waals surface area contributed by atoms with E-state index in [9.17, 15) is 8.42 Å². The van der Waals surface area contributed by atoms with Crippen LogP contribution in [0.2, 0.25) is 0 Å². The highest BCUT2D eigenvalue weighted by atomic mass is 32.2. The van der Waals surface area contributed by atoms with Crippen LogP contribution in [0.5, 0.6) is 0 Å². The molecule has 65 valence electrons. The molecule has 1 aromatic rings. The molecule has 1 aromatic carbocycles. The van der Waals surface area contributed by atoms with Crippen molar-refractivity contribution in [2.75, 3.05) is 5.75 Å². The minimum absolute atomic E-state index is 0.117. The number of sulfone groups is 1. The summed E-state index contributed by atoms with van der Waals surface area (Å²) < 4.78 is 22.6. The van der Waals surface area contributed by atoms with Crippen molar-refractivity contribution in [1.82, 2.24) is 0 Å². The molecule has 1 rings (SSSR count). The van der Waals surface area contributed by atoms with Crippen LogP contribution in [-0.2, 0) is 9.84 Å². The van der Waals surface area contributed by atoms with E-state index in [0.717, 1.165) is 0 Å². The molecular formula is C8H9O2S2. The Hall–Kier alpha value is -0.610. The number of hydrogen-bond acceptors (Lipinski definition) is 2. The van der Waals surface area contributed by atoms with Gasteiger partial charge in [-0.25, -0.2) is 8.42 Å². The molecule has 4 heteroatoms. The fourth-order valence-electron chi connectivity index (χ4n) is 0.834. The summed E-state index contributed by atoms with van der Waals surface area (Å²) >= 11 is 4.85. The number of rotatable bonds is 2. The molecule has 0 saturated carbocycles. The molecule has 0 aliphatic carbocycles. The zero-order valence-electron chi connectivity index (χ0n) is 6.65. The van der Waals surface area contributed by atoms with E-state index < -0.39 is 9.84 Å². The van der Waals surface area contributed by atoms with Crippen LogP contribution in [0.15, 0.2) is 34.1 Å². The maximum absolute atomic E-state index is 11.3. The first kappa shape index (κ1) is 9.48. The standard InChI is InChI=1S/C8H9O2S2/c1-2-12(9,10)8-5-3-4-7(11)6-8/h3-6H,2H2,1H3. The maximum Gasteiger partial charge on any atom is 0.178 e. The molecule has 0 saturated heterocycles. The molecule has 12 heavy (non-hydrogen) atoms. The fraction of sp³-hybridized carbons (Fsp3) is 0.250. The Morgan fingerprint density at radius 1 is 1.42 bits per heavy atom. The van der Waals surface area contributed by atoms with Gasteiger partial charge in [-0.15, -0.1) is 0 Å². The van der Waals surface area contributed by atoms with Crippen molar-refractivity contribution in [3.05, 3.63) is 24.3 Å². The highest BCUT2D eigenvalue weighted by Gasteiger charge is 2.10. The third-order valence-corrected chi connectivity index (χ3v) is 3.53. The van der Waals surface area contributed by atoms with E-state index in [-0.39, 0.29) is 5.75 Å². The van der Waals surface area contributed by atoms with Gasteiger partial charge in [0, 0.05) is 4.90 Å². The predicted octanol–water partition coefficient (Wildman–Crippen LogP) is 2.04. The lowest BCUT2D eigenvalue weighted by Crippen LogP contribution is -2.02.